The number of hydrogen-bond donors (Lipinski definition) is 3. The zero-order valence-corrected chi connectivity index (χ0v) is 21.7. The Balaban J connectivity index is 2.28. The second-order valence-corrected chi connectivity index (χ2v) is 9.64. The van der Waals surface area contributed by atoms with Crippen molar-refractivity contribution >= 4 is 17.6 Å². The molecule has 1 aliphatic rings. The van der Waals surface area contributed by atoms with Crippen LogP contribution in [0.2, 0.25) is 0 Å². The highest BCUT2D eigenvalue weighted by Crippen LogP contribution is 2.18. The lowest BCUT2D eigenvalue weighted by Gasteiger charge is -2.38. The van der Waals surface area contributed by atoms with Crippen molar-refractivity contribution in [3.05, 3.63) is 12.3 Å². The summed E-state index contributed by atoms with van der Waals surface area (Å²) >= 11 is 0. The van der Waals surface area contributed by atoms with Crippen molar-refractivity contribution in [1.82, 2.24) is 19.6 Å². The zero-order chi connectivity index (χ0) is 26.0. The van der Waals surface area contributed by atoms with Crippen molar-refractivity contribution in [2.45, 2.75) is 64.4 Å². The number of aryl methyl sites for hydroxylation is 1. The van der Waals surface area contributed by atoms with Gasteiger partial charge in [-0.3, -0.25) is 14.3 Å². The minimum Gasteiger partial charge on any atom is -0.388 e. The molecule has 200 valence electrons. The van der Waals surface area contributed by atoms with Crippen LogP contribution >= 0.6 is 0 Å². The van der Waals surface area contributed by atoms with Gasteiger partial charge >= 0.3 is 0 Å². The summed E-state index contributed by atoms with van der Waals surface area (Å²) in [4.78, 5) is 29.4. The first-order valence-electron chi connectivity index (χ1n) is 12.4. The number of aliphatic hydroxyl groups is 2. The predicted octanol–water partition coefficient (Wildman–Crippen LogP) is 0.471. The number of carbonyl (C=O) groups is 2. The first-order valence-corrected chi connectivity index (χ1v) is 12.4. The molecule has 0 saturated carbocycles. The lowest BCUT2D eigenvalue weighted by atomic mass is 10.00. The van der Waals surface area contributed by atoms with E-state index in [0.717, 1.165) is 0 Å². The van der Waals surface area contributed by atoms with Crippen molar-refractivity contribution in [1.29, 1.82) is 0 Å². The smallest absolute Gasteiger partial charge is 0.242 e. The van der Waals surface area contributed by atoms with Crippen molar-refractivity contribution in [3.63, 3.8) is 0 Å². The van der Waals surface area contributed by atoms with Gasteiger partial charge in [0.1, 0.15) is 24.1 Å². The summed E-state index contributed by atoms with van der Waals surface area (Å²) in [6.45, 7) is 7.02. The Hall–Kier alpha value is -2.21. The minimum absolute atomic E-state index is 0.0340. The van der Waals surface area contributed by atoms with Gasteiger partial charge in [-0.1, -0.05) is 13.8 Å². The van der Waals surface area contributed by atoms with Crippen LogP contribution in [-0.2, 0) is 26.1 Å². The molecular formula is C24H43N5O6. The van der Waals surface area contributed by atoms with E-state index in [1.807, 2.05) is 11.9 Å². The maximum atomic E-state index is 13.4. The SMILES string of the molecule is CO[C@@H]1CN(C(C)=O)C[C@H](CC(C)C)N(C(=O)CNc2ccn(C)n2)CCCCOC[C@@H](O)[C@H]1O. The summed E-state index contributed by atoms with van der Waals surface area (Å²) < 4.78 is 12.7. The lowest BCUT2D eigenvalue weighted by Crippen LogP contribution is -2.54. The summed E-state index contributed by atoms with van der Waals surface area (Å²) in [7, 11) is 3.25. The first-order chi connectivity index (χ1) is 16.6. The van der Waals surface area contributed by atoms with Gasteiger partial charge < -0.3 is 34.8 Å². The van der Waals surface area contributed by atoms with Crippen molar-refractivity contribution in [2.75, 3.05) is 51.8 Å². The molecule has 11 heteroatoms. The van der Waals surface area contributed by atoms with Gasteiger partial charge in [0, 0.05) is 65.6 Å². The normalized spacial score (nSPS) is 25.4. The first kappa shape index (κ1) is 29.0. The Bertz CT molecular complexity index is 788. The summed E-state index contributed by atoms with van der Waals surface area (Å²) in [5.74, 6) is 0.653. The quantitative estimate of drug-likeness (QED) is 0.517. The van der Waals surface area contributed by atoms with Crippen molar-refractivity contribution < 1.29 is 29.3 Å². The fourth-order valence-electron chi connectivity index (χ4n) is 4.29. The number of aliphatic hydroxyl groups excluding tert-OH is 2. The molecule has 2 rings (SSSR count). The molecule has 35 heavy (non-hydrogen) atoms. The highest BCUT2D eigenvalue weighted by Gasteiger charge is 2.32. The number of ether oxygens (including phenoxy) is 2. The van der Waals surface area contributed by atoms with E-state index in [0.29, 0.717) is 50.7 Å². The van der Waals surface area contributed by atoms with E-state index >= 15 is 0 Å². The molecule has 2 amide bonds. The Morgan fingerprint density at radius 3 is 2.63 bits per heavy atom. The fourth-order valence-corrected chi connectivity index (χ4v) is 4.29. The number of aromatic nitrogens is 2. The molecule has 1 saturated heterocycles. The van der Waals surface area contributed by atoms with Crippen LogP contribution in [0, 0.1) is 5.92 Å². The average Bonchev–Trinajstić information content (AvgIpc) is 3.22. The molecule has 1 aliphatic heterocycles. The number of anilines is 1. The molecule has 0 unspecified atom stereocenters. The predicted molar refractivity (Wildman–Crippen MR) is 132 cm³/mol. The molecular weight excluding hydrogens is 454 g/mol. The molecule has 1 aromatic heterocycles. The monoisotopic (exact) mass is 497 g/mol. The van der Waals surface area contributed by atoms with E-state index in [1.54, 1.807) is 21.8 Å². The molecule has 11 nitrogen and oxygen atoms in total. The molecule has 1 aromatic rings. The number of nitrogens with zero attached hydrogens (tertiary/aromatic N) is 4. The highest BCUT2D eigenvalue weighted by atomic mass is 16.5. The van der Waals surface area contributed by atoms with Crippen LogP contribution in [0.4, 0.5) is 5.82 Å². The van der Waals surface area contributed by atoms with E-state index in [-0.39, 0.29) is 37.6 Å². The molecule has 2 heterocycles. The number of amides is 2. The van der Waals surface area contributed by atoms with Crippen molar-refractivity contribution in [3.8, 4) is 0 Å². The lowest BCUT2D eigenvalue weighted by molar-refractivity contribution is -0.141. The fraction of sp³-hybridized carbons (Fsp3) is 0.792. The van der Waals surface area contributed by atoms with Gasteiger partial charge in [-0.05, 0) is 25.2 Å². The van der Waals surface area contributed by atoms with Crippen LogP contribution in [-0.4, -0.2) is 112 Å². The topological polar surface area (TPSA) is 129 Å². The Kier molecular flexibility index (Phi) is 11.9. The number of hydrogen-bond acceptors (Lipinski definition) is 8. The Labute approximate surface area is 208 Å². The van der Waals surface area contributed by atoms with E-state index in [4.69, 9.17) is 9.47 Å². The number of nitrogens with one attached hydrogen (secondary N) is 1. The molecule has 1 fully saturated rings. The summed E-state index contributed by atoms with van der Waals surface area (Å²) in [5.41, 5.74) is 0. The van der Waals surface area contributed by atoms with Crippen LogP contribution in [0.25, 0.3) is 0 Å². The molecule has 0 aromatic carbocycles. The number of carbonyl (C=O) groups excluding carboxylic acids is 2. The number of rotatable bonds is 6. The summed E-state index contributed by atoms with van der Waals surface area (Å²) in [5, 5.41) is 28.3. The molecule has 0 bridgehead atoms. The second kappa shape index (κ2) is 14.4. The van der Waals surface area contributed by atoms with Gasteiger partial charge in [-0.25, -0.2) is 0 Å². The van der Waals surface area contributed by atoms with E-state index in [9.17, 15) is 19.8 Å². The van der Waals surface area contributed by atoms with Gasteiger partial charge in [0.25, 0.3) is 0 Å². The highest BCUT2D eigenvalue weighted by molar-refractivity contribution is 5.81. The largest absolute Gasteiger partial charge is 0.388 e. The Morgan fingerprint density at radius 2 is 2.03 bits per heavy atom. The van der Waals surface area contributed by atoms with Crippen LogP contribution in [0.5, 0.6) is 0 Å². The Morgan fingerprint density at radius 1 is 1.29 bits per heavy atom. The zero-order valence-electron chi connectivity index (χ0n) is 21.7. The van der Waals surface area contributed by atoms with Gasteiger partial charge in [0.2, 0.25) is 11.8 Å². The minimum atomic E-state index is -1.21. The maximum Gasteiger partial charge on any atom is 0.242 e. The van der Waals surface area contributed by atoms with E-state index < -0.39 is 18.3 Å². The molecule has 0 aliphatic carbocycles. The van der Waals surface area contributed by atoms with Gasteiger partial charge in [0.15, 0.2) is 0 Å². The third-order valence-electron chi connectivity index (χ3n) is 6.22. The third kappa shape index (κ3) is 9.40. The molecule has 4 atom stereocenters. The van der Waals surface area contributed by atoms with Gasteiger partial charge in [-0.15, -0.1) is 0 Å². The van der Waals surface area contributed by atoms with Crippen molar-refractivity contribution in [2.24, 2.45) is 13.0 Å². The maximum absolute atomic E-state index is 13.4. The van der Waals surface area contributed by atoms with E-state index in [2.05, 4.69) is 24.3 Å². The van der Waals surface area contributed by atoms with Crippen LogP contribution in [0.3, 0.4) is 0 Å². The molecule has 3 N–H and O–H groups in total. The summed E-state index contributed by atoms with van der Waals surface area (Å²) in [6, 6.07) is 1.58. The van der Waals surface area contributed by atoms with Crippen LogP contribution < -0.4 is 5.32 Å². The molecule has 0 spiro atoms. The standard InChI is InChI=1S/C24H43N5O6/c1-17(2)12-19-14-28(18(3)30)15-21(34-5)24(33)20(31)16-35-11-7-6-9-29(19)23(32)13-25-22-8-10-27(4)26-22/h8,10,17,19-21,24,31,33H,6-7,9,11-16H2,1-5H3,(H,25,26)/t19-,20+,21+,24+/m0/s1. The van der Waals surface area contributed by atoms with Crippen LogP contribution in [0.1, 0.15) is 40.0 Å². The van der Waals surface area contributed by atoms with Gasteiger partial charge in [-0.2, -0.15) is 5.10 Å². The van der Waals surface area contributed by atoms with Crippen LogP contribution in [0.15, 0.2) is 12.3 Å². The number of methoxy groups -OCH3 is 1. The molecule has 0 radical (unpaired) electrons. The average molecular weight is 498 g/mol. The second-order valence-electron chi connectivity index (χ2n) is 9.64. The third-order valence-corrected chi connectivity index (χ3v) is 6.22. The van der Waals surface area contributed by atoms with Gasteiger partial charge in [0.05, 0.1) is 13.2 Å². The summed E-state index contributed by atoms with van der Waals surface area (Å²) in [6.07, 6.45) is 0.779. The van der Waals surface area contributed by atoms with E-state index in [1.165, 1.54) is 14.0 Å².